The summed E-state index contributed by atoms with van der Waals surface area (Å²) in [4.78, 5) is 40.9. The molecular formula is C21H29I3N3O4+. The number of hydrogen-bond donors (Lipinski definition) is 1. The molecule has 0 unspecified atom stereocenters. The van der Waals surface area contributed by atoms with Gasteiger partial charge in [-0.2, -0.15) is 0 Å². The third kappa shape index (κ3) is 5.83. The van der Waals surface area contributed by atoms with Crippen molar-refractivity contribution in [3.8, 4) is 0 Å². The molecule has 2 amide bonds. The lowest BCUT2D eigenvalue weighted by Gasteiger charge is -2.36. The van der Waals surface area contributed by atoms with Gasteiger partial charge in [-0.1, -0.05) is 0 Å². The Morgan fingerprint density at radius 2 is 1.32 bits per heavy atom. The van der Waals surface area contributed by atoms with E-state index in [0.717, 1.165) is 29.5 Å². The van der Waals surface area contributed by atoms with Crippen LogP contribution >= 0.6 is 67.8 Å². The van der Waals surface area contributed by atoms with Gasteiger partial charge in [0.05, 0.1) is 40.7 Å². The van der Waals surface area contributed by atoms with Gasteiger partial charge in [0, 0.05) is 46.7 Å². The number of nitrogens with zero attached hydrogens (tertiary/aromatic N) is 2. The molecule has 1 aliphatic heterocycles. The van der Waals surface area contributed by atoms with Crippen LogP contribution in [0.5, 0.6) is 0 Å². The molecule has 0 aromatic heterocycles. The van der Waals surface area contributed by atoms with Gasteiger partial charge < -0.3 is 19.9 Å². The lowest BCUT2D eigenvalue weighted by molar-refractivity contribution is -0.665. The van der Waals surface area contributed by atoms with E-state index < -0.39 is 11.6 Å². The van der Waals surface area contributed by atoms with Crippen LogP contribution in [0.3, 0.4) is 0 Å². The molecule has 0 spiro atoms. The van der Waals surface area contributed by atoms with E-state index in [4.69, 9.17) is 4.74 Å². The highest BCUT2D eigenvalue weighted by Crippen LogP contribution is 2.43. The molecule has 1 fully saturated rings. The van der Waals surface area contributed by atoms with Gasteiger partial charge in [0.2, 0.25) is 11.8 Å². The number of carbonyl (C=O) groups excluding carboxylic acids is 3. The van der Waals surface area contributed by atoms with E-state index in [-0.39, 0.29) is 11.8 Å². The third-order valence-electron chi connectivity index (χ3n) is 5.87. The molecule has 1 saturated heterocycles. The van der Waals surface area contributed by atoms with E-state index in [2.05, 4.69) is 73.1 Å². The molecule has 2 rings (SSSR count). The van der Waals surface area contributed by atoms with Crippen molar-refractivity contribution in [2.24, 2.45) is 5.92 Å². The van der Waals surface area contributed by atoms with Gasteiger partial charge >= 0.3 is 5.97 Å². The van der Waals surface area contributed by atoms with Crippen LogP contribution < -0.4 is 15.1 Å². The lowest BCUT2D eigenvalue weighted by atomic mass is 9.83. The number of benzene rings is 1. The van der Waals surface area contributed by atoms with Crippen molar-refractivity contribution in [2.75, 3.05) is 37.0 Å². The van der Waals surface area contributed by atoms with Crippen LogP contribution in [0.25, 0.3) is 0 Å². The molecule has 0 atom stereocenters. The number of carbonyl (C=O) groups is 3. The zero-order valence-electron chi connectivity index (χ0n) is 18.6. The molecule has 1 heterocycles. The number of halogens is 3. The Hall–Kier alpha value is -0.220. The number of anilines is 2. The molecule has 0 radical (unpaired) electrons. The molecule has 1 aliphatic rings. The topological polar surface area (TPSA) is 83.5 Å². The number of hydrogen-bond acceptors (Lipinski definition) is 4. The summed E-state index contributed by atoms with van der Waals surface area (Å²) in [6, 6.07) is 0. The smallest absolute Gasteiger partial charge is 0.341 e. The SMILES string of the molecule is CC(=O)N(C)c1c(I)c(C(=O)OC(C)(C)C2CC[NH2+]CC2)c(I)c(N(C)C(C)=O)c1I. The van der Waals surface area contributed by atoms with Crippen molar-refractivity contribution >= 4 is 96.9 Å². The van der Waals surface area contributed by atoms with Gasteiger partial charge in [-0.15, -0.1) is 0 Å². The van der Waals surface area contributed by atoms with Gasteiger partial charge in [-0.05, 0) is 81.6 Å². The molecule has 31 heavy (non-hydrogen) atoms. The second-order valence-corrected chi connectivity index (χ2v) is 11.5. The summed E-state index contributed by atoms with van der Waals surface area (Å²) in [5.74, 6) is -0.460. The second kappa shape index (κ2) is 10.8. The van der Waals surface area contributed by atoms with E-state index >= 15 is 0 Å². The zero-order valence-corrected chi connectivity index (χ0v) is 25.1. The molecule has 1 aromatic rings. The number of piperidine rings is 1. The Bertz CT molecular complexity index is 851. The maximum absolute atomic E-state index is 13.5. The number of ether oxygens (including phenoxy) is 1. The highest BCUT2D eigenvalue weighted by molar-refractivity contribution is 14.1. The van der Waals surface area contributed by atoms with Crippen LogP contribution in [0.2, 0.25) is 0 Å². The van der Waals surface area contributed by atoms with E-state index in [1.807, 2.05) is 13.8 Å². The molecule has 7 nitrogen and oxygen atoms in total. The number of nitrogens with two attached hydrogens (primary N) is 1. The van der Waals surface area contributed by atoms with Crippen LogP contribution in [-0.4, -0.2) is 50.6 Å². The summed E-state index contributed by atoms with van der Waals surface area (Å²) in [6.45, 7) is 8.95. The van der Waals surface area contributed by atoms with Gasteiger partial charge in [0.25, 0.3) is 0 Å². The number of quaternary nitrogens is 1. The largest absolute Gasteiger partial charge is 0.456 e. The fourth-order valence-corrected chi connectivity index (χ4v) is 8.77. The summed E-state index contributed by atoms with van der Waals surface area (Å²) in [7, 11) is 3.34. The summed E-state index contributed by atoms with van der Waals surface area (Å²) < 4.78 is 8.10. The van der Waals surface area contributed by atoms with E-state index in [1.165, 1.54) is 23.6 Å². The second-order valence-electron chi connectivity index (χ2n) is 8.30. The van der Waals surface area contributed by atoms with E-state index in [9.17, 15) is 14.4 Å². The van der Waals surface area contributed by atoms with Crippen LogP contribution in [0, 0.1) is 16.6 Å². The predicted molar refractivity (Wildman–Crippen MR) is 147 cm³/mol. The fourth-order valence-electron chi connectivity index (χ4n) is 3.72. The fraction of sp³-hybridized carbons (Fsp3) is 0.571. The van der Waals surface area contributed by atoms with Gasteiger partial charge in [0.15, 0.2) is 0 Å². The molecule has 10 heteroatoms. The summed E-state index contributed by atoms with van der Waals surface area (Å²) in [5, 5.41) is 2.28. The van der Waals surface area contributed by atoms with Crippen LogP contribution in [0.1, 0.15) is 50.9 Å². The van der Waals surface area contributed by atoms with Crippen LogP contribution in [0.4, 0.5) is 11.4 Å². The van der Waals surface area contributed by atoms with Crippen molar-refractivity contribution in [3.05, 3.63) is 16.3 Å². The normalized spacial score (nSPS) is 14.9. The number of rotatable bonds is 5. The van der Waals surface area contributed by atoms with Crippen LogP contribution in [0.15, 0.2) is 0 Å². The molecule has 0 bridgehead atoms. The highest BCUT2D eigenvalue weighted by atomic mass is 127. The zero-order chi connectivity index (χ0) is 23.7. The summed E-state index contributed by atoms with van der Waals surface area (Å²) >= 11 is 6.35. The van der Waals surface area contributed by atoms with Gasteiger partial charge in [-0.3, -0.25) is 9.59 Å². The minimum atomic E-state index is -0.611. The Kier molecular flexibility index (Phi) is 9.42. The minimum Gasteiger partial charge on any atom is -0.456 e. The standard InChI is InChI=1S/C21H28I3N3O4/c1-11(28)26(5)18-15(22)14(16(23)19(17(18)24)27(6)12(2)29)20(30)31-21(3,4)13-7-9-25-10-8-13/h13,25H,7-10H2,1-6H3/p+1. The van der Waals surface area contributed by atoms with Crippen LogP contribution in [-0.2, 0) is 14.3 Å². The van der Waals surface area contributed by atoms with Crippen molar-refractivity contribution in [1.82, 2.24) is 0 Å². The van der Waals surface area contributed by atoms with E-state index in [1.54, 1.807) is 14.1 Å². The van der Waals surface area contributed by atoms with Gasteiger partial charge in [-0.25, -0.2) is 4.79 Å². The average Bonchev–Trinajstić information content (AvgIpc) is 2.67. The van der Waals surface area contributed by atoms with Crippen molar-refractivity contribution in [3.63, 3.8) is 0 Å². The molecular weight excluding hydrogens is 739 g/mol. The first-order chi connectivity index (χ1) is 14.3. The van der Waals surface area contributed by atoms with Crippen molar-refractivity contribution < 1.29 is 24.4 Å². The number of amides is 2. The lowest BCUT2D eigenvalue weighted by Crippen LogP contribution is -2.86. The van der Waals surface area contributed by atoms with Gasteiger partial charge in [0.1, 0.15) is 5.60 Å². The maximum Gasteiger partial charge on any atom is 0.341 e. The first kappa shape index (κ1) is 27.0. The summed E-state index contributed by atoms with van der Waals surface area (Å²) in [5.41, 5.74) is 0.992. The summed E-state index contributed by atoms with van der Waals surface area (Å²) in [6.07, 6.45) is 2.00. The molecule has 172 valence electrons. The monoisotopic (exact) mass is 768 g/mol. The maximum atomic E-state index is 13.5. The molecule has 2 N–H and O–H groups in total. The first-order valence-corrected chi connectivity index (χ1v) is 13.3. The molecule has 0 saturated carbocycles. The Balaban J connectivity index is 2.63. The highest BCUT2D eigenvalue weighted by Gasteiger charge is 2.38. The van der Waals surface area contributed by atoms with Crippen molar-refractivity contribution in [1.29, 1.82) is 0 Å². The first-order valence-electron chi connectivity index (χ1n) is 10.0. The van der Waals surface area contributed by atoms with E-state index in [0.29, 0.717) is 30.0 Å². The molecule has 0 aliphatic carbocycles. The Labute approximate surface area is 224 Å². The predicted octanol–water partition coefficient (Wildman–Crippen LogP) is 3.37. The third-order valence-corrected chi connectivity index (χ3v) is 8.99. The quantitative estimate of drug-likeness (QED) is 0.369. The van der Waals surface area contributed by atoms with Crippen molar-refractivity contribution in [2.45, 2.75) is 46.1 Å². The minimum absolute atomic E-state index is 0.161. The Morgan fingerprint density at radius 3 is 1.71 bits per heavy atom. The number of esters is 1. The molecule has 1 aromatic carbocycles. The average molecular weight is 768 g/mol. The Morgan fingerprint density at radius 1 is 0.903 bits per heavy atom.